The Kier molecular flexibility index (Phi) is 9.05. The van der Waals surface area contributed by atoms with E-state index in [1.165, 1.54) is 25.7 Å². The van der Waals surface area contributed by atoms with Gasteiger partial charge in [-0.3, -0.25) is 0 Å². The van der Waals surface area contributed by atoms with Gasteiger partial charge in [0.2, 0.25) is 0 Å². The van der Waals surface area contributed by atoms with Gasteiger partial charge in [0, 0.05) is 0 Å². The molecule has 0 radical (unpaired) electrons. The zero-order valence-corrected chi connectivity index (χ0v) is 18.0. The largest absolute Gasteiger partial charge is 0.0149 e. The summed E-state index contributed by atoms with van der Waals surface area (Å²) in [6.07, 6.45) is 15.9. The van der Waals surface area contributed by atoms with Gasteiger partial charge in [0.25, 0.3) is 0 Å². The van der Waals surface area contributed by atoms with Crippen LogP contribution in [0, 0.1) is 23.7 Å². The summed E-state index contributed by atoms with van der Waals surface area (Å²) in [5.41, 5.74) is 2.13. The molecule has 3 aliphatic rings. The Labute approximate surface area is 169 Å². The first-order valence-corrected chi connectivity index (χ1v) is 14.5. The van der Waals surface area contributed by atoms with Crippen molar-refractivity contribution in [3.8, 4) is 0 Å². The minimum absolute atomic E-state index is 0. The fraction of sp³-hybridized carbons (Fsp3) is 0.591. The first-order chi connectivity index (χ1) is 11.8. The monoisotopic (exact) mass is 409 g/mol. The number of carbonyl (C=O) groups excluding carboxylic acids is 1. The van der Waals surface area contributed by atoms with Crippen LogP contribution in [0.1, 0.15) is 39.5 Å². The van der Waals surface area contributed by atoms with Crippen LogP contribution < -0.4 is 3.80 Å². The Hall–Kier alpha value is -0.639. The zero-order chi connectivity index (χ0) is 18.6. The summed E-state index contributed by atoms with van der Waals surface area (Å²) in [6, 6.07) is 0. The van der Waals surface area contributed by atoms with Crippen molar-refractivity contribution in [1.29, 1.82) is 0 Å². The normalized spacial score (nSPS) is 31.5. The summed E-state index contributed by atoms with van der Waals surface area (Å²) in [6.45, 7) is 11.2. The summed E-state index contributed by atoms with van der Waals surface area (Å²) >= 11 is -2.25. The summed E-state index contributed by atoms with van der Waals surface area (Å²) in [7, 11) is 0. The summed E-state index contributed by atoms with van der Waals surface area (Å²) in [5, 5.41) is 4.78. The Balaban J connectivity index is 0.000000422. The van der Waals surface area contributed by atoms with E-state index >= 15 is 0 Å². The molecule has 0 aromatic heterocycles. The molecule has 5 unspecified atom stereocenters. The van der Waals surface area contributed by atoms with Gasteiger partial charge in [-0.15, -0.1) is 0 Å². The molecule has 0 saturated heterocycles. The van der Waals surface area contributed by atoms with Gasteiger partial charge in [0.1, 0.15) is 0 Å². The van der Waals surface area contributed by atoms with Gasteiger partial charge >= 0.3 is 120 Å². The van der Waals surface area contributed by atoms with Gasteiger partial charge in [-0.05, 0) is 24.8 Å². The van der Waals surface area contributed by atoms with Crippen molar-refractivity contribution in [2.75, 3.05) is 0 Å². The van der Waals surface area contributed by atoms with Crippen molar-refractivity contribution < 1.29 is 21.6 Å². The van der Waals surface area contributed by atoms with Crippen molar-refractivity contribution in [2.24, 2.45) is 23.7 Å². The maximum absolute atomic E-state index is 11.0. The van der Waals surface area contributed by atoms with Crippen molar-refractivity contribution in [2.45, 2.75) is 54.2 Å². The topological polar surface area (TPSA) is 29.1 Å². The van der Waals surface area contributed by atoms with Crippen molar-refractivity contribution >= 4 is 17.4 Å². The molecule has 0 aliphatic heterocycles. The fourth-order valence-corrected chi connectivity index (χ4v) is 10.2. The minimum Gasteiger partial charge on any atom is -0.0149 e. The molecule has 4 heteroatoms. The second-order valence-electron chi connectivity index (χ2n) is 8.61. The molecule has 1 amide bonds. The van der Waals surface area contributed by atoms with Crippen LogP contribution in [0.15, 0.2) is 48.6 Å². The SMILES string of the molecule is C=C(C)C(=C)C.[CH3][Ti]([CH3])([NH]C=O)[CH]1C2C=CC=CC2C2CCCCC21.[SiH4]. The molecular formula is C22H39NOSiTi. The number of fused-ring (bicyclic) bond motifs is 3. The molecule has 0 spiro atoms. The molecule has 5 atom stereocenters. The van der Waals surface area contributed by atoms with Crippen molar-refractivity contribution in [3.05, 3.63) is 48.6 Å². The van der Waals surface area contributed by atoms with E-state index in [9.17, 15) is 4.79 Å². The third-order valence-electron chi connectivity index (χ3n) is 6.46. The quantitative estimate of drug-likeness (QED) is 0.412. The van der Waals surface area contributed by atoms with Crippen LogP contribution in [0.2, 0.25) is 14.7 Å². The van der Waals surface area contributed by atoms with E-state index in [4.69, 9.17) is 0 Å². The first-order valence-electron chi connectivity index (χ1n) is 9.67. The Morgan fingerprint density at radius 1 is 1.00 bits per heavy atom. The van der Waals surface area contributed by atoms with Crippen LogP contribution in [0.4, 0.5) is 0 Å². The van der Waals surface area contributed by atoms with Gasteiger partial charge in [-0.25, -0.2) is 0 Å². The van der Waals surface area contributed by atoms with E-state index in [2.05, 4.69) is 51.7 Å². The van der Waals surface area contributed by atoms with Gasteiger partial charge in [0.15, 0.2) is 0 Å². The molecule has 3 rings (SSSR count). The van der Waals surface area contributed by atoms with Gasteiger partial charge in [0.05, 0.1) is 0 Å². The van der Waals surface area contributed by atoms with Crippen molar-refractivity contribution in [3.63, 3.8) is 0 Å². The molecule has 1 N–H and O–H groups in total. The van der Waals surface area contributed by atoms with Gasteiger partial charge in [-0.2, -0.15) is 0 Å². The molecule has 2 nitrogen and oxygen atoms in total. The average molecular weight is 410 g/mol. The van der Waals surface area contributed by atoms with E-state index in [1.807, 2.05) is 13.8 Å². The molecule has 0 aromatic carbocycles. The van der Waals surface area contributed by atoms with Crippen LogP contribution in [0.25, 0.3) is 0 Å². The molecule has 0 heterocycles. The second-order valence-corrected chi connectivity index (χ2v) is 15.5. The van der Waals surface area contributed by atoms with E-state index in [0.29, 0.717) is 5.92 Å². The summed E-state index contributed by atoms with van der Waals surface area (Å²) < 4.78 is 4.04. The summed E-state index contributed by atoms with van der Waals surface area (Å²) in [4.78, 5) is 11.0. The molecule has 146 valence electrons. The van der Waals surface area contributed by atoms with Crippen molar-refractivity contribution in [1.82, 2.24) is 3.80 Å². The molecule has 2 fully saturated rings. The van der Waals surface area contributed by atoms with E-state index < -0.39 is 16.8 Å². The maximum Gasteiger partial charge on any atom is -0.0149 e. The van der Waals surface area contributed by atoms with Gasteiger partial charge in [-0.1, -0.05) is 24.3 Å². The molecule has 0 bridgehead atoms. The molecule has 0 aromatic rings. The molecule has 3 aliphatic carbocycles. The van der Waals surface area contributed by atoms with Gasteiger partial charge < -0.3 is 0 Å². The Bertz CT molecular complexity index is 569. The average Bonchev–Trinajstić information content (AvgIpc) is 2.90. The standard InChI is InChI=1S/C13H17.C6H10.CH3NO.2CH3.H4Si.Ti/c1-3-7-12-10(5-1)9-11-6-2-4-8-13(11)12;1-5(2)6(3)4;2-1-3;;;;/h1,3,5,7,9-13H,2,4,6,8H2;1,3H2,2,4H3;1H,(H2,2,3);2*1H3;1H4;/q;;;;;;+1/p-1. The van der Waals surface area contributed by atoms with E-state index in [-0.39, 0.29) is 11.0 Å². The molecule has 26 heavy (non-hydrogen) atoms. The number of hydrogen-bond donors (Lipinski definition) is 1. The smallest absolute Gasteiger partial charge is 0.0149 e. The third kappa shape index (κ3) is 5.21. The zero-order valence-electron chi connectivity index (χ0n) is 16.4. The Morgan fingerprint density at radius 2 is 1.50 bits per heavy atom. The molecular weight excluding hydrogens is 370 g/mol. The predicted octanol–water partition coefficient (Wildman–Crippen LogP) is 4.55. The maximum atomic E-state index is 11.0. The number of carbonyl (C=O) groups is 1. The third-order valence-corrected chi connectivity index (χ3v) is 11.7. The van der Waals surface area contributed by atoms with E-state index in [0.717, 1.165) is 39.5 Å². The number of rotatable bonds is 4. The minimum atomic E-state index is -2.25. The molecule has 2 saturated carbocycles. The fourth-order valence-electron chi connectivity index (χ4n) is 5.09. The Morgan fingerprint density at radius 3 is 2.00 bits per heavy atom. The van der Waals surface area contributed by atoms with Crippen LogP contribution in [-0.4, -0.2) is 17.4 Å². The van der Waals surface area contributed by atoms with Crippen LogP contribution in [0.5, 0.6) is 0 Å². The summed E-state index contributed by atoms with van der Waals surface area (Å²) in [5.74, 6) is 3.18. The number of nitrogens with one attached hydrogen (secondary N) is 1. The second kappa shape index (κ2) is 10.1. The first kappa shape index (κ1) is 23.4. The van der Waals surface area contributed by atoms with Crippen LogP contribution >= 0.6 is 0 Å². The number of allylic oxidation sites excluding steroid dienone is 6. The predicted molar refractivity (Wildman–Crippen MR) is 116 cm³/mol. The number of amides is 1. The van der Waals surface area contributed by atoms with E-state index in [1.54, 1.807) is 0 Å². The van der Waals surface area contributed by atoms with Crippen LogP contribution in [-0.2, 0) is 21.6 Å². The van der Waals surface area contributed by atoms with Crippen LogP contribution in [0.3, 0.4) is 0 Å². The number of hydrogen-bond acceptors (Lipinski definition) is 1.